The highest BCUT2D eigenvalue weighted by molar-refractivity contribution is 7.90. The molecule has 5 rings (SSSR count). The maximum Gasteiger partial charge on any atom is 0.256 e. The number of rotatable bonds is 5. The molecule has 2 aliphatic rings. The van der Waals surface area contributed by atoms with Crippen molar-refractivity contribution in [2.75, 3.05) is 6.26 Å². The van der Waals surface area contributed by atoms with Gasteiger partial charge < -0.3 is 15.6 Å². The molecule has 0 spiro atoms. The van der Waals surface area contributed by atoms with Crippen LogP contribution in [0.1, 0.15) is 24.8 Å². The van der Waals surface area contributed by atoms with E-state index >= 15 is 0 Å². The lowest BCUT2D eigenvalue weighted by Gasteiger charge is -2.23. The van der Waals surface area contributed by atoms with Crippen molar-refractivity contribution in [1.29, 1.82) is 5.26 Å². The summed E-state index contributed by atoms with van der Waals surface area (Å²) in [6.45, 7) is 0. The summed E-state index contributed by atoms with van der Waals surface area (Å²) in [6.07, 6.45) is 4.55. The van der Waals surface area contributed by atoms with Crippen LogP contribution in [0.5, 0.6) is 0 Å². The number of carbonyl (C=O) groups excluding carboxylic acids is 1. The van der Waals surface area contributed by atoms with E-state index in [1.165, 1.54) is 6.07 Å². The lowest BCUT2D eigenvalue weighted by atomic mass is 9.98. The summed E-state index contributed by atoms with van der Waals surface area (Å²) in [5.41, 5.74) is 0.989. The number of aromatic amines is 1. The van der Waals surface area contributed by atoms with Crippen LogP contribution in [0.2, 0.25) is 0 Å². The first-order valence-electron chi connectivity index (χ1n) is 11.0. The van der Waals surface area contributed by atoms with E-state index in [4.69, 9.17) is 0 Å². The number of piperidine rings is 1. The minimum absolute atomic E-state index is 0.147. The highest BCUT2D eigenvalue weighted by Crippen LogP contribution is 2.35. The molecular weight excluding hydrogens is 440 g/mol. The lowest BCUT2D eigenvalue weighted by Crippen LogP contribution is -2.50. The van der Waals surface area contributed by atoms with Crippen LogP contribution >= 0.6 is 0 Å². The molecule has 8 nitrogen and oxygen atoms in total. The zero-order valence-corrected chi connectivity index (χ0v) is 18.9. The Bertz CT molecular complexity index is 1490. The quantitative estimate of drug-likeness (QED) is 0.493. The number of fused-ring (bicyclic) bond motifs is 5. The second kappa shape index (κ2) is 7.97. The van der Waals surface area contributed by atoms with E-state index in [0.717, 1.165) is 31.1 Å². The fourth-order valence-corrected chi connectivity index (χ4v) is 5.84. The molecular formula is C24H24N4O4S. The highest BCUT2D eigenvalue weighted by Gasteiger charge is 2.43. The molecule has 9 heteroatoms. The summed E-state index contributed by atoms with van der Waals surface area (Å²) in [4.78, 5) is 28.4. The normalized spacial score (nSPS) is 23.0. The molecule has 1 unspecified atom stereocenters. The van der Waals surface area contributed by atoms with Gasteiger partial charge in [0.2, 0.25) is 5.91 Å². The summed E-state index contributed by atoms with van der Waals surface area (Å²) in [7, 11) is -3.40. The Labute approximate surface area is 190 Å². The Morgan fingerprint density at radius 1 is 1.18 bits per heavy atom. The minimum Gasteiger partial charge on any atom is -0.339 e. The molecule has 2 fully saturated rings. The van der Waals surface area contributed by atoms with Crippen molar-refractivity contribution in [3.8, 4) is 6.07 Å². The number of nitriles is 1. The number of benzene rings is 2. The van der Waals surface area contributed by atoms with E-state index in [2.05, 4.69) is 21.7 Å². The van der Waals surface area contributed by atoms with Crippen molar-refractivity contribution in [2.24, 2.45) is 5.92 Å². The summed E-state index contributed by atoms with van der Waals surface area (Å²) in [5.74, 6) is 0.186. The number of pyridine rings is 1. The molecule has 1 aliphatic carbocycles. The SMILES string of the molecule is CS(=O)(=O)c1ccc2[nH]c(=O)c3cc(CC(C#N)NC(=O)[C@H]4N[C@@H]5CC[C@H]4C5)ccc3c2c1. The van der Waals surface area contributed by atoms with Crippen LogP contribution in [0, 0.1) is 17.2 Å². The van der Waals surface area contributed by atoms with Gasteiger partial charge in [0, 0.05) is 35.0 Å². The van der Waals surface area contributed by atoms with E-state index in [1.807, 2.05) is 0 Å². The van der Waals surface area contributed by atoms with Gasteiger partial charge in [-0.05, 0) is 60.4 Å². The fraction of sp³-hybridized carbons (Fsp3) is 0.375. The van der Waals surface area contributed by atoms with Crippen LogP contribution in [-0.2, 0) is 21.1 Å². The van der Waals surface area contributed by atoms with E-state index < -0.39 is 15.9 Å². The van der Waals surface area contributed by atoms with Gasteiger partial charge in [0.15, 0.2) is 9.84 Å². The fourth-order valence-electron chi connectivity index (χ4n) is 5.19. The molecule has 170 valence electrons. The molecule has 1 saturated carbocycles. The Hall–Kier alpha value is -3.22. The summed E-state index contributed by atoms with van der Waals surface area (Å²) >= 11 is 0. The highest BCUT2D eigenvalue weighted by atomic mass is 32.2. The van der Waals surface area contributed by atoms with Crippen LogP contribution in [0.25, 0.3) is 21.7 Å². The van der Waals surface area contributed by atoms with Gasteiger partial charge in [-0.3, -0.25) is 9.59 Å². The Morgan fingerprint density at radius 2 is 2.00 bits per heavy atom. The predicted molar refractivity (Wildman–Crippen MR) is 124 cm³/mol. The molecule has 3 N–H and O–H groups in total. The molecule has 1 aromatic heterocycles. The average Bonchev–Trinajstić information content (AvgIpc) is 3.42. The van der Waals surface area contributed by atoms with Crippen molar-refractivity contribution >= 4 is 37.4 Å². The number of nitrogens with zero attached hydrogens (tertiary/aromatic N) is 1. The van der Waals surface area contributed by atoms with Gasteiger partial charge in [0.1, 0.15) is 6.04 Å². The predicted octanol–water partition coefficient (Wildman–Crippen LogP) is 1.78. The van der Waals surface area contributed by atoms with Gasteiger partial charge >= 0.3 is 0 Å². The molecule has 0 radical (unpaired) electrons. The number of aromatic nitrogens is 1. The number of H-pyrrole nitrogens is 1. The molecule has 1 amide bonds. The number of hydrogen-bond donors (Lipinski definition) is 3. The van der Waals surface area contributed by atoms with E-state index in [1.54, 1.807) is 30.3 Å². The van der Waals surface area contributed by atoms with Crippen molar-refractivity contribution in [1.82, 2.24) is 15.6 Å². The van der Waals surface area contributed by atoms with Crippen molar-refractivity contribution in [2.45, 2.75) is 48.7 Å². The van der Waals surface area contributed by atoms with Gasteiger partial charge in [-0.15, -0.1) is 0 Å². The van der Waals surface area contributed by atoms with Gasteiger partial charge in [0.05, 0.1) is 17.0 Å². The molecule has 1 aliphatic heterocycles. The monoisotopic (exact) mass is 464 g/mol. The summed E-state index contributed by atoms with van der Waals surface area (Å²) < 4.78 is 23.9. The molecule has 1 saturated heterocycles. The third kappa shape index (κ3) is 4.01. The summed E-state index contributed by atoms with van der Waals surface area (Å²) in [6, 6.07) is 11.5. The molecule has 33 heavy (non-hydrogen) atoms. The van der Waals surface area contributed by atoms with Gasteiger partial charge in [-0.1, -0.05) is 12.1 Å². The third-order valence-electron chi connectivity index (χ3n) is 6.84. The maximum atomic E-state index is 12.7. The van der Waals surface area contributed by atoms with Crippen LogP contribution in [-0.4, -0.2) is 43.7 Å². The standard InChI is InChI=1S/C24H24N4O4S/c1-33(31,32)17-5-7-21-19(11-17)18-6-2-13(9-20(18)23(29)28-21)8-16(12-25)27-24(30)22-14-3-4-15(10-14)26-22/h2,5-7,9,11,14-16,22,26H,3-4,8,10H2,1H3,(H,27,30)(H,28,29)/t14-,15+,16?,22-/m0/s1. The number of hydrogen-bond acceptors (Lipinski definition) is 6. The minimum atomic E-state index is -3.40. The Balaban J connectivity index is 1.43. The second-order valence-electron chi connectivity index (χ2n) is 9.12. The molecule has 2 bridgehead atoms. The first kappa shape index (κ1) is 21.6. The Morgan fingerprint density at radius 3 is 2.67 bits per heavy atom. The number of amides is 1. The lowest BCUT2D eigenvalue weighted by molar-refractivity contribution is -0.124. The molecule has 3 aromatic rings. The van der Waals surface area contributed by atoms with E-state index in [0.29, 0.717) is 33.6 Å². The van der Waals surface area contributed by atoms with Gasteiger partial charge in [-0.25, -0.2) is 8.42 Å². The van der Waals surface area contributed by atoms with Gasteiger partial charge in [0.25, 0.3) is 5.56 Å². The third-order valence-corrected chi connectivity index (χ3v) is 7.95. The van der Waals surface area contributed by atoms with Gasteiger partial charge in [-0.2, -0.15) is 5.26 Å². The van der Waals surface area contributed by atoms with Crippen LogP contribution in [0.15, 0.2) is 46.1 Å². The smallest absolute Gasteiger partial charge is 0.256 e. The second-order valence-corrected chi connectivity index (χ2v) is 11.1. The molecule has 4 atom stereocenters. The number of sulfone groups is 1. The number of nitrogens with one attached hydrogen (secondary N) is 3. The first-order valence-corrected chi connectivity index (χ1v) is 12.9. The summed E-state index contributed by atoms with van der Waals surface area (Å²) in [5, 5.41) is 17.5. The molecule has 2 aromatic carbocycles. The van der Waals surface area contributed by atoms with Crippen molar-refractivity contribution in [3.63, 3.8) is 0 Å². The molecule has 2 heterocycles. The topological polar surface area (TPSA) is 132 Å². The van der Waals surface area contributed by atoms with Crippen molar-refractivity contribution < 1.29 is 13.2 Å². The Kier molecular flexibility index (Phi) is 5.22. The van der Waals surface area contributed by atoms with E-state index in [-0.39, 0.29) is 28.8 Å². The first-order chi connectivity index (χ1) is 15.7. The number of carbonyl (C=O) groups is 1. The van der Waals surface area contributed by atoms with E-state index in [9.17, 15) is 23.3 Å². The largest absolute Gasteiger partial charge is 0.339 e. The zero-order chi connectivity index (χ0) is 23.3. The van der Waals surface area contributed by atoms with Crippen LogP contribution < -0.4 is 16.2 Å². The average molecular weight is 465 g/mol. The zero-order valence-electron chi connectivity index (χ0n) is 18.1. The van der Waals surface area contributed by atoms with Crippen LogP contribution in [0.4, 0.5) is 0 Å². The van der Waals surface area contributed by atoms with Crippen molar-refractivity contribution in [3.05, 3.63) is 52.3 Å². The maximum absolute atomic E-state index is 12.7. The van der Waals surface area contributed by atoms with Crippen LogP contribution in [0.3, 0.4) is 0 Å².